The molecule has 2 aromatic rings. The lowest BCUT2D eigenvalue weighted by Gasteiger charge is -2.11. The van der Waals surface area contributed by atoms with Gasteiger partial charge in [0.25, 0.3) is 0 Å². The predicted octanol–water partition coefficient (Wildman–Crippen LogP) is 1.46. The van der Waals surface area contributed by atoms with Crippen molar-refractivity contribution in [2.75, 3.05) is 26.4 Å². The lowest BCUT2D eigenvalue weighted by Crippen LogP contribution is -2.27. The Morgan fingerprint density at radius 2 is 2.15 bits per heavy atom. The van der Waals surface area contributed by atoms with Crippen LogP contribution in [0.5, 0.6) is 0 Å². The van der Waals surface area contributed by atoms with Crippen molar-refractivity contribution in [3.05, 3.63) is 24.0 Å². The number of amidine groups is 1. The Balaban J connectivity index is 1.82. The van der Waals surface area contributed by atoms with Gasteiger partial charge in [-0.15, -0.1) is 0 Å². The first-order valence-corrected chi connectivity index (χ1v) is 11.1. The fraction of sp³-hybridized carbons (Fsp3) is 0.471. The number of rotatable bonds is 6. The number of amides is 1. The zero-order valence-corrected chi connectivity index (χ0v) is 17.2. The number of nitrogens with zero attached hydrogens (tertiary/aromatic N) is 4. The van der Waals surface area contributed by atoms with Gasteiger partial charge in [0.15, 0.2) is 5.17 Å². The summed E-state index contributed by atoms with van der Waals surface area (Å²) in [6, 6.07) is 4.96. The highest BCUT2D eigenvalue weighted by atomic mass is 32.2. The van der Waals surface area contributed by atoms with Crippen molar-refractivity contribution in [1.82, 2.24) is 19.2 Å². The summed E-state index contributed by atoms with van der Waals surface area (Å²) < 4.78 is 27.9. The minimum absolute atomic E-state index is 0.0891. The van der Waals surface area contributed by atoms with E-state index < -0.39 is 10.0 Å². The van der Waals surface area contributed by atoms with Crippen LogP contribution in [0.2, 0.25) is 0 Å². The van der Waals surface area contributed by atoms with E-state index in [0.29, 0.717) is 30.1 Å². The van der Waals surface area contributed by atoms with E-state index in [-0.39, 0.29) is 10.8 Å². The zero-order chi connectivity index (χ0) is 19.6. The molecule has 0 unspecified atom stereocenters. The van der Waals surface area contributed by atoms with E-state index in [4.69, 9.17) is 0 Å². The number of carbonyl (C=O) groups excluding carboxylic acids is 1. The first kappa shape index (κ1) is 19.8. The third-order valence-electron chi connectivity index (χ3n) is 4.30. The summed E-state index contributed by atoms with van der Waals surface area (Å²) in [6.07, 6.45) is 0.772. The third kappa shape index (κ3) is 4.17. The Kier molecular flexibility index (Phi) is 5.87. The van der Waals surface area contributed by atoms with Gasteiger partial charge in [-0.3, -0.25) is 9.79 Å². The smallest absolute Gasteiger partial charge is 0.242 e. The molecule has 1 aliphatic rings. The molecule has 3 rings (SSSR count). The van der Waals surface area contributed by atoms with Gasteiger partial charge in [0.05, 0.1) is 22.5 Å². The van der Waals surface area contributed by atoms with Gasteiger partial charge in [0.1, 0.15) is 5.82 Å². The normalized spacial score (nSPS) is 14.7. The topological polar surface area (TPSA) is 96.7 Å². The fourth-order valence-corrected chi connectivity index (χ4v) is 4.56. The number of fused-ring (bicyclic) bond motifs is 1. The Morgan fingerprint density at radius 1 is 1.37 bits per heavy atom. The Morgan fingerprint density at radius 3 is 2.78 bits per heavy atom. The molecule has 1 aliphatic heterocycles. The van der Waals surface area contributed by atoms with Crippen LogP contribution in [0.4, 0.5) is 0 Å². The number of hydrogen-bond donors (Lipinski definition) is 1. The first-order valence-electron chi connectivity index (χ1n) is 8.71. The van der Waals surface area contributed by atoms with Crippen LogP contribution in [-0.2, 0) is 27.8 Å². The molecule has 146 valence electrons. The second kappa shape index (κ2) is 7.99. The maximum absolute atomic E-state index is 12.3. The first-order chi connectivity index (χ1) is 12.8. The minimum Gasteiger partial charge on any atom is -0.328 e. The number of thioether (sulfide) groups is 1. The van der Waals surface area contributed by atoms with Gasteiger partial charge in [-0.1, -0.05) is 11.8 Å². The summed E-state index contributed by atoms with van der Waals surface area (Å²) in [5, 5.41) is 3.50. The van der Waals surface area contributed by atoms with Crippen LogP contribution in [0.25, 0.3) is 11.0 Å². The van der Waals surface area contributed by atoms with Crippen molar-refractivity contribution in [2.24, 2.45) is 4.99 Å². The van der Waals surface area contributed by atoms with Crippen LogP contribution in [0.15, 0.2) is 28.1 Å². The molecule has 1 N–H and O–H groups in total. The average Bonchev–Trinajstić information content (AvgIpc) is 3.25. The van der Waals surface area contributed by atoms with Crippen LogP contribution in [0.3, 0.4) is 0 Å². The molecule has 0 aliphatic carbocycles. The molecule has 0 spiro atoms. The highest BCUT2D eigenvalue weighted by Crippen LogP contribution is 2.22. The molecule has 10 heteroatoms. The van der Waals surface area contributed by atoms with E-state index in [2.05, 4.69) is 15.3 Å². The van der Waals surface area contributed by atoms with Crippen LogP contribution in [0, 0.1) is 0 Å². The molecule has 8 nitrogen and oxygen atoms in total. The van der Waals surface area contributed by atoms with Gasteiger partial charge in [0, 0.05) is 39.2 Å². The molecule has 0 atom stereocenters. The van der Waals surface area contributed by atoms with Crippen LogP contribution in [0.1, 0.15) is 19.2 Å². The van der Waals surface area contributed by atoms with E-state index in [9.17, 15) is 13.2 Å². The van der Waals surface area contributed by atoms with Crippen molar-refractivity contribution in [3.63, 3.8) is 0 Å². The Hall–Kier alpha value is -1.91. The molecule has 27 heavy (non-hydrogen) atoms. The lowest BCUT2D eigenvalue weighted by molar-refractivity contribution is -0.119. The SMILES string of the molecule is CCn1c(CCC(=O)NC2=NCCS2)nc2cc(S(=O)(=O)N(C)C)ccc21. The summed E-state index contributed by atoms with van der Waals surface area (Å²) in [6.45, 7) is 3.43. The number of benzene rings is 1. The van der Waals surface area contributed by atoms with Crippen molar-refractivity contribution < 1.29 is 13.2 Å². The molecule has 1 amide bonds. The second-order valence-corrected chi connectivity index (χ2v) is 9.53. The summed E-state index contributed by atoms with van der Waals surface area (Å²) in [4.78, 5) is 21.1. The molecule has 0 saturated heterocycles. The average molecular weight is 410 g/mol. The number of sulfonamides is 1. The van der Waals surface area contributed by atoms with E-state index in [0.717, 1.165) is 23.6 Å². The summed E-state index contributed by atoms with van der Waals surface area (Å²) in [5.41, 5.74) is 1.48. The van der Waals surface area contributed by atoms with Gasteiger partial charge < -0.3 is 9.88 Å². The van der Waals surface area contributed by atoms with Gasteiger partial charge in [-0.05, 0) is 25.1 Å². The van der Waals surface area contributed by atoms with Gasteiger partial charge >= 0.3 is 0 Å². The van der Waals surface area contributed by atoms with Crippen molar-refractivity contribution in [1.29, 1.82) is 0 Å². The van der Waals surface area contributed by atoms with Crippen LogP contribution >= 0.6 is 11.8 Å². The standard InChI is InChI=1S/C17H23N5O3S2/c1-4-22-14-6-5-12(27(24,25)21(2)3)11-13(14)19-15(22)7-8-16(23)20-17-18-9-10-26-17/h5-6,11H,4,7-10H2,1-3H3,(H,18,20,23). The third-order valence-corrected chi connectivity index (χ3v) is 7.00. The highest BCUT2D eigenvalue weighted by Gasteiger charge is 2.20. The summed E-state index contributed by atoms with van der Waals surface area (Å²) in [5.74, 6) is 1.58. The molecule has 1 aromatic heterocycles. The van der Waals surface area contributed by atoms with Crippen LogP contribution in [-0.4, -0.2) is 59.7 Å². The lowest BCUT2D eigenvalue weighted by atomic mass is 10.3. The molecule has 2 heterocycles. The number of carbonyl (C=O) groups is 1. The number of aryl methyl sites for hydroxylation is 2. The number of hydrogen-bond acceptors (Lipinski definition) is 6. The maximum Gasteiger partial charge on any atom is 0.242 e. The summed E-state index contributed by atoms with van der Waals surface area (Å²) in [7, 11) is -0.511. The van der Waals surface area contributed by atoms with E-state index in [1.807, 2.05) is 11.5 Å². The molecular weight excluding hydrogens is 386 g/mol. The Labute approximate surface area is 163 Å². The fourth-order valence-electron chi connectivity index (χ4n) is 2.89. The molecule has 0 bridgehead atoms. The van der Waals surface area contributed by atoms with E-state index in [1.54, 1.807) is 30.0 Å². The van der Waals surface area contributed by atoms with Gasteiger partial charge in [0.2, 0.25) is 15.9 Å². The van der Waals surface area contributed by atoms with Crippen molar-refractivity contribution >= 4 is 43.9 Å². The quantitative estimate of drug-likeness (QED) is 0.779. The van der Waals surface area contributed by atoms with Crippen molar-refractivity contribution in [3.8, 4) is 0 Å². The van der Waals surface area contributed by atoms with E-state index >= 15 is 0 Å². The second-order valence-electron chi connectivity index (χ2n) is 6.29. The van der Waals surface area contributed by atoms with Crippen molar-refractivity contribution in [2.45, 2.75) is 31.2 Å². The number of aliphatic imine (C=N–C) groups is 1. The maximum atomic E-state index is 12.3. The zero-order valence-electron chi connectivity index (χ0n) is 15.6. The molecule has 1 aromatic carbocycles. The molecular formula is C17H23N5O3S2. The number of aromatic nitrogens is 2. The summed E-state index contributed by atoms with van der Waals surface area (Å²) >= 11 is 1.55. The van der Waals surface area contributed by atoms with E-state index in [1.165, 1.54) is 18.4 Å². The monoisotopic (exact) mass is 409 g/mol. The molecule has 0 radical (unpaired) electrons. The highest BCUT2D eigenvalue weighted by molar-refractivity contribution is 8.14. The number of imidazole rings is 1. The Bertz CT molecular complexity index is 995. The number of nitrogens with one attached hydrogen (secondary N) is 1. The van der Waals surface area contributed by atoms with Gasteiger partial charge in [-0.25, -0.2) is 17.7 Å². The largest absolute Gasteiger partial charge is 0.328 e. The molecule has 0 fully saturated rings. The van der Waals surface area contributed by atoms with Gasteiger partial charge in [-0.2, -0.15) is 0 Å². The minimum atomic E-state index is -3.51. The van der Waals surface area contributed by atoms with Crippen LogP contribution < -0.4 is 5.32 Å². The predicted molar refractivity (Wildman–Crippen MR) is 108 cm³/mol. The molecule has 0 saturated carbocycles.